The van der Waals surface area contributed by atoms with Gasteiger partial charge in [-0.05, 0) is 34.5 Å². The molecule has 1 N–H and O–H groups in total. The minimum Gasteiger partial charge on any atom is -0.508 e. The van der Waals surface area contributed by atoms with E-state index in [4.69, 9.17) is 16.3 Å². The molecule has 0 radical (unpaired) electrons. The van der Waals surface area contributed by atoms with E-state index in [-0.39, 0.29) is 41.0 Å². The van der Waals surface area contributed by atoms with Gasteiger partial charge in [0.15, 0.2) is 11.6 Å². The maximum Gasteiger partial charge on any atom is 0.318 e. The Bertz CT molecular complexity index is 1540. The summed E-state index contributed by atoms with van der Waals surface area (Å²) in [6.07, 6.45) is 0. The van der Waals surface area contributed by atoms with Gasteiger partial charge < -0.3 is 19.6 Å². The Labute approximate surface area is 210 Å². The molecule has 0 bridgehead atoms. The zero-order valence-electron chi connectivity index (χ0n) is 19.3. The fourth-order valence-corrected chi connectivity index (χ4v) is 4.83. The van der Waals surface area contributed by atoms with Gasteiger partial charge in [-0.2, -0.15) is 9.97 Å². The number of aromatic hydroxyl groups is 1. The van der Waals surface area contributed by atoms with Crippen molar-refractivity contribution < 1.29 is 23.4 Å². The molecule has 4 aromatic rings. The quantitative estimate of drug-likeness (QED) is 0.385. The number of anilines is 1. The van der Waals surface area contributed by atoms with Gasteiger partial charge in [0, 0.05) is 37.1 Å². The van der Waals surface area contributed by atoms with E-state index in [0.717, 1.165) is 5.39 Å². The smallest absolute Gasteiger partial charge is 0.318 e. The molecule has 184 valence electrons. The van der Waals surface area contributed by atoms with E-state index in [2.05, 4.69) is 16.5 Å². The molecule has 0 spiro atoms. The highest BCUT2D eigenvalue weighted by Crippen LogP contribution is 2.42. The van der Waals surface area contributed by atoms with E-state index in [9.17, 15) is 14.3 Å². The molecule has 1 aliphatic heterocycles. The van der Waals surface area contributed by atoms with Crippen LogP contribution in [0.1, 0.15) is 0 Å². The Morgan fingerprint density at radius 2 is 1.83 bits per heavy atom. The number of fused-ring (bicyclic) bond motifs is 2. The van der Waals surface area contributed by atoms with Crippen LogP contribution in [-0.4, -0.2) is 59.2 Å². The number of aromatic nitrogens is 2. The first kappa shape index (κ1) is 23.7. The van der Waals surface area contributed by atoms with Gasteiger partial charge in [-0.15, -0.1) is 0 Å². The average Bonchev–Trinajstić information content (AvgIpc) is 2.87. The normalized spacial score (nSPS) is 13.9. The summed E-state index contributed by atoms with van der Waals surface area (Å²) in [5.41, 5.74) is 0.520. The summed E-state index contributed by atoms with van der Waals surface area (Å²) < 4.78 is 34.7. The minimum atomic E-state index is -1.02. The third-order valence-electron chi connectivity index (χ3n) is 6.24. The van der Waals surface area contributed by atoms with Gasteiger partial charge in [-0.3, -0.25) is 4.79 Å². The number of amides is 1. The average molecular weight is 511 g/mol. The van der Waals surface area contributed by atoms with Gasteiger partial charge >= 0.3 is 6.01 Å². The number of benzene rings is 3. The van der Waals surface area contributed by atoms with Crippen molar-refractivity contribution in [2.45, 2.75) is 0 Å². The van der Waals surface area contributed by atoms with Crippen LogP contribution in [0.3, 0.4) is 0 Å². The predicted octanol–water partition coefficient (Wildman–Crippen LogP) is 5.09. The van der Waals surface area contributed by atoms with Gasteiger partial charge in [-0.25, -0.2) is 8.78 Å². The zero-order chi connectivity index (χ0) is 25.6. The van der Waals surface area contributed by atoms with E-state index in [1.54, 1.807) is 12.1 Å². The number of halogens is 3. The number of hydrogen-bond acceptors (Lipinski definition) is 6. The molecule has 0 unspecified atom stereocenters. The van der Waals surface area contributed by atoms with Crippen molar-refractivity contribution in [3.8, 4) is 22.9 Å². The van der Waals surface area contributed by atoms with E-state index in [1.165, 1.54) is 18.1 Å². The fraction of sp³-hybridized carbons (Fsp3) is 0.192. The number of carbonyl (C=O) groups excluding carboxylic acids is 1. The Balaban J connectivity index is 1.65. The molecular formula is C26H21ClF2N4O3. The largest absolute Gasteiger partial charge is 0.508 e. The summed E-state index contributed by atoms with van der Waals surface area (Å²) in [6.45, 7) is 4.19. The van der Waals surface area contributed by atoms with Crippen LogP contribution in [0.2, 0.25) is 5.02 Å². The first-order valence-corrected chi connectivity index (χ1v) is 11.5. The summed E-state index contributed by atoms with van der Waals surface area (Å²) in [4.78, 5) is 23.8. The molecule has 2 heterocycles. The summed E-state index contributed by atoms with van der Waals surface area (Å²) in [5.74, 6) is -2.09. The molecule has 5 rings (SSSR count). The van der Waals surface area contributed by atoms with Crippen molar-refractivity contribution in [2.24, 2.45) is 0 Å². The van der Waals surface area contributed by atoms with E-state index < -0.39 is 17.6 Å². The standard InChI is InChI=1S/C26H21ClF2N4O3/c1-14(28)25(35)33-9-7-32(8-10-33)24-19-13-20(27)21(22(29)23(19)30-26(31-24)36-2)18-12-16(34)11-15-5-3-4-6-17(15)18/h3-6,11-13,34H,1,7-10H2,2H3. The summed E-state index contributed by atoms with van der Waals surface area (Å²) >= 11 is 6.65. The van der Waals surface area contributed by atoms with Crippen molar-refractivity contribution in [3.05, 3.63) is 65.7 Å². The highest BCUT2D eigenvalue weighted by atomic mass is 35.5. The van der Waals surface area contributed by atoms with E-state index in [0.29, 0.717) is 35.2 Å². The maximum atomic E-state index is 16.2. The lowest BCUT2D eigenvalue weighted by molar-refractivity contribution is -0.128. The van der Waals surface area contributed by atoms with Crippen LogP contribution in [0, 0.1) is 5.82 Å². The predicted molar refractivity (Wildman–Crippen MR) is 135 cm³/mol. The topological polar surface area (TPSA) is 78.8 Å². The van der Waals surface area contributed by atoms with Crippen LogP contribution in [0.25, 0.3) is 32.8 Å². The van der Waals surface area contributed by atoms with Crippen molar-refractivity contribution >= 4 is 45.0 Å². The second kappa shape index (κ2) is 9.23. The second-order valence-corrected chi connectivity index (χ2v) is 8.78. The van der Waals surface area contributed by atoms with E-state index >= 15 is 4.39 Å². The minimum absolute atomic E-state index is 0.000633. The second-order valence-electron chi connectivity index (χ2n) is 8.38. The zero-order valence-corrected chi connectivity index (χ0v) is 20.0. The van der Waals surface area contributed by atoms with Crippen LogP contribution in [-0.2, 0) is 4.79 Å². The summed E-state index contributed by atoms with van der Waals surface area (Å²) in [5, 5.41) is 12.2. The lowest BCUT2D eigenvalue weighted by Gasteiger charge is -2.35. The molecular weight excluding hydrogens is 490 g/mol. The van der Waals surface area contributed by atoms with Gasteiger partial charge in [0.1, 0.15) is 17.1 Å². The summed E-state index contributed by atoms with van der Waals surface area (Å²) in [7, 11) is 1.38. The highest BCUT2D eigenvalue weighted by Gasteiger charge is 2.27. The Hall–Kier alpha value is -3.98. The molecule has 7 nitrogen and oxygen atoms in total. The van der Waals surface area contributed by atoms with Crippen molar-refractivity contribution in [1.82, 2.24) is 14.9 Å². The Morgan fingerprint density at radius 3 is 2.53 bits per heavy atom. The number of phenols is 1. The molecule has 1 aliphatic rings. The molecule has 3 aromatic carbocycles. The number of hydrogen-bond donors (Lipinski definition) is 1. The number of methoxy groups -OCH3 is 1. The van der Waals surface area contributed by atoms with Gasteiger partial charge in [0.2, 0.25) is 0 Å². The number of ether oxygens (including phenoxy) is 1. The summed E-state index contributed by atoms with van der Waals surface area (Å²) in [6, 6.07) is 11.9. The maximum absolute atomic E-state index is 16.2. The number of rotatable bonds is 4. The van der Waals surface area contributed by atoms with E-state index in [1.807, 2.05) is 29.2 Å². The molecule has 36 heavy (non-hydrogen) atoms. The van der Waals surface area contributed by atoms with Crippen LogP contribution < -0.4 is 9.64 Å². The lowest BCUT2D eigenvalue weighted by Crippen LogP contribution is -2.49. The molecule has 0 atom stereocenters. The van der Waals surface area contributed by atoms with Gasteiger partial charge in [-0.1, -0.05) is 42.4 Å². The van der Waals surface area contributed by atoms with Crippen LogP contribution in [0.15, 0.2) is 54.9 Å². The Morgan fingerprint density at radius 1 is 1.11 bits per heavy atom. The SMILES string of the molecule is C=C(F)C(=O)N1CCN(c2nc(OC)nc3c(F)c(-c4cc(O)cc5ccccc45)c(Cl)cc23)CC1. The van der Waals surface area contributed by atoms with Gasteiger partial charge in [0.25, 0.3) is 5.91 Å². The number of nitrogens with zero attached hydrogens (tertiary/aromatic N) is 4. The Kier molecular flexibility index (Phi) is 6.09. The van der Waals surface area contributed by atoms with Crippen molar-refractivity contribution in [2.75, 3.05) is 38.2 Å². The third-order valence-corrected chi connectivity index (χ3v) is 6.54. The first-order chi connectivity index (χ1) is 17.3. The van der Waals surface area contributed by atoms with Gasteiger partial charge in [0.05, 0.1) is 12.1 Å². The van der Waals surface area contributed by atoms with Crippen LogP contribution >= 0.6 is 11.6 Å². The molecule has 1 fully saturated rings. The van der Waals surface area contributed by atoms with Crippen molar-refractivity contribution in [1.29, 1.82) is 0 Å². The lowest BCUT2D eigenvalue weighted by atomic mass is 9.96. The number of carbonyl (C=O) groups is 1. The third kappa shape index (κ3) is 4.05. The molecule has 1 saturated heterocycles. The van der Waals surface area contributed by atoms with Crippen LogP contribution in [0.5, 0.6) is 11.8 Å². The fourth-order valence-electron chi connectivity index (χ4n) is 4.53. The molecule has 10 heteroatoms. The molecule has 0 aliphatic carbocycles. The molecule has 1 amide bonds. The molecule has 1 aromatic heterocycles. The highest BCUT2D eigenvalue weighted by molar-refractivity contribution is 6.35. The number of piperazine rings is 1. The first-order valence-electron chi connectivity index (χ1n) is 11.1. The molecule has 0 saturated carbocycles. The van der Waals surface area contributed by atoms with Crippen molar-refractivity contribution in [3.63, 3.8) is 0 Å². The monoisotopic (exact) mass is 510 g/mol. The number of phenolic OH excluding ortho intramolecular Hbond substituents is 1. The van der Waals surface area contributed by atoms with Crippen LogP contribution in [0.4, 0.5) is 14.6 Å².